The monoisotopic (exact) mass is 291 g/mol. The Labute approximate surface area is 128 Å². The minimum atomic E-state index is 0.370. The fourth-order valence-corrected chi connectivity index (χ4v) is 2.89. The lowest BCUT2D eigenvalue weighted by Gasteiger charge is -2.36. The molecule has 118 valence electrons. The van der Waals surface area contributed by atoms with Gasteiger partial charge in [-0.3, -0.25) is 4.90 Å². The molecule has 1 unspecified atom stereocenters. The lowest BCUT2D eigenvalue weighted by molar-refractivity contribution is 0.246. The highest BCUT2D eigenvalue weighted by Crippen LogP contribution is 2.20. The van der Waals surface area contributed by atoms with Crippen LogP contribution in [0, 0.1) is 0 Å². The minimum absolute atomic E-state index is 0.370. The SMILES string of the molecule is CCCC(N)CCN1CCN(c2ccc(OC)cc2)CC1. The van der Waals surface area contributed by atoms with Crippen molar-refractivity contribution in [2.24, 2.45) is 5.73 Å². The molecule has 1 aromatic rings. The minimum Gasteiger partial charge on any atom is -0.497 e. The summed E-state index contributed by atoms with van der Waals surface area (Å²) in [6.07, 6.45) is 3.45. The molecule has 2 rings (SSSR count). The number of methoxy groups -OCH3 is 1. The van der Waals surface area contributed by atoms with Gasteiger partial charge in [0.25, 0.3) is 0 Å². The Morgan fingerprint density at radius 2 is 1.76 bits per heavy atom. The molecular weight excluding hydrogens is 262 g/mol. The number of hydrogen-bond donors (Lipinski definition) is 1. The molecule has 1 saturated heterocycles. The van der Waals surface area contributed by atoms with Gasteiger partial charge in [0.05, 0.1) is 7.11 Å². The second-order valence-corrected chi connectivity index (χ2v) is 5.86. The second kappa shape index (κ2) is 8.25. The topological polar surface area (TPSA) is 41.7 Å². The molecule has 1 heterocycles. The average molecular weight is 291 g/mol. The van der Waals surface area contributed by atoms with Gasteiger partial charge in [-0.1, -0.05) is 13.3 Å². The summed E-state index contributed by atoms with van der Waals surface area (Å²) in [6, 6.07) is 8.73. The van der Waals surface area contributed by atoms with Gasteiger partial charge >= 0.3 is 0 Å². The van der Waals surface area contributed by atoms with Crippen molar-refractivity contribution in [2.75, 3.05) is 44.7 Å². The normalized spacial score (nSPS) is 17.8. The summed E-state index contributed by atoms with van der Waals surface area (Å²) in [7, 11) is 1.71. The number of anilines is 1. The van der Waals surface area contributed by atoms with Crippen molar-refractivity contribution in [3.63, 3.8) is 0 Å². The van der Waals surface area contributed by atoms with Crippen LogP contribution in [0.1, 0.15) is 26.2 Å². The maximum Gasteiger partial charge on any atom is 0.119 e. The standard InChI is InChI=1S/C17H29N3O/c1-3-4-15(18)9-10-19-11-13-20(14-12-19)16-5-7-17(21-2)8-6-16/h5-8,15H,3-4,9-14,18H2,1-2H3. The van der Waals surface area contributed by atoms with Gasteiger partial charge in [0.15, 0.2) is 0 Å². The smallest absolute Gasteiger partial charge is 0.119 e. The molecular formula is C17H29N3O. The first kappa shape index (κ1) is 16.1. The number of nitrogens with zero attached hydrogens (tertiary/aromatic N) is 2. The van der Waals surface area contributed by atoms with Gasteiger partial charge < -0.3 is 15.4 Å². The van der Waals surface area contributed by atoms with Crippen LogP contribution in [0.25, 0.3) is 0 Å². The van der Waals surface area contributed by atoms with E-state index >= 15 is 0 Å². The van der Waals surface area contributed by atoms with Gasteiger partial charge in [-0.25, -0.2) is 0 Å². The molecule has 0 spiro atoms. The van der Waals surface area contributed by atoms with Crippen molar-refractivity contribution >= 4 is 5.69 Å². The lowest BCUT2D eigenvalue weighted by Crippen LogP contribution is -2.47. The van der Waals surface area contributed by atoms with E-state index in [-0.39, 0.29) is 0 Å². The Kier molecular flexibility index (Phi) is 6.33. The molecule has 1 aliphatic heterocycles. The molecule has 21 heavy (non-hydrogen) atoms. The summed E-state index contributed by atoms with van der Waals surface area (Å²) in [5, 5.41) is 0. The van der Waals surface area contributed by atoms with Crippen LogP contribution >= 0.6 is 0 Å². The lowest BCUT2D eigenvalue weighted by atomic mass is 10.1. The van der Waals surface area contributed by atoms with Crippen LogP contribution in [0.4, 0.5) is 5.69 Å². The molecule has 0 amide bonds. The van der Waals surface area contributed by atoms with Crippen molar-refractivity contribution in [1.29, 1.82) is 0 Å². The Balaban J connectivity index is 1.74. The summed E-state index contributed by atoms with van der Waals surface area (Å²) >= 11 is 0. The fourth-order valence-electron chi connectivity index (χ4n) is 2.89. The van der Waals surface area contributed by atoms with Crippen molar-refractivity contribution < 1.29 is 4.74 Å². The van der Waals surface area contributed by atoms with Crippen molar-refractivity contribution in [1.82, 2.24) is 4.90 Å². The number of benzene rings is 1. The summed E-state index contributed by atoms with van der Waals surface area (Å²) in [5.41, 5.74) is 7.39. The van der Waals surface area contributed by atoms with Gasteiger partial charge in [0.2, 0.25) is 0 Å². The van der Waals surface area contributed by atoms with Gasteiger partial charge in [-0.15, -0.1) is 0 Å². The van der Waals surface area contributed by atoms with Gasteiger partial charge in [-0.05, 0) is 43.7 Å². The number of hydrogen-bond acceptors (Lipinski definition) is 4. The highest BCUT2D eigenvalue weighted by atomic mass is 16.5. The van der Waals surface area contributed by atoms with E-state index in [1.165, 1.54) is 12.1 Å². The van der Waals surface area contributed by atoms with E-state index in [0.29, 0.717) is 6.04 Å². The molecule has 0 aromatic heterocycles. The average Bonchev–Trinajstić information content (AvgIpc) is 2.54. The zero-order valence-corrected chi connectivity index (χ0v) is 13.4. The first-order valence-corrected chi connectivity index (χ1v) is 8.10. The third-order valence-corrected chi connectivity index (χ3v) is 4.29. The summed E-state index contributed by atoms with van der Waals surface area (Å²) in [4.78, 5) is 4.98. The molecule has 2 N–H and O–H groups in total. The first-order valence-electron chi connectivity index (χ1n) is 8.10. The van der Waals surface area contributed by atoms with E-state index in [9.17, 15) is 0 Å². The molecule has 0 bridgehead atoms. The number of rotatable bonds is 7. The molecule has 1 aromatic carbocycles. The maximum atomic E-state index is 6.10. The zero-order valence-electron chi connectivity index (χ0n) is 13.4. The van der Waals surface area contributed by atoms with Crippen LogP contribution in [0.3, 0.4) is 0 Å². The van der Waals surface area contributed by atoms with Crippen LogP contribution in [-0.4, -0.2) is 50.8 Å². The van der Waals surface area contributed by atoms with Crippen molar-refractivity contribution in [3.8, 4) is 5.75 Å². The predicted molar refractivity (Wildman–Crippen MR) is 89.1 cm³/mol. The summed E-state index contributed by atoms with van der Waals surface area (Å²) in [6.45, 7) is 7.78. The molecule has 0 aliphatic carbocycles. The third kappa shape index (κ3) is 4.90. The molecule has 1 aliphatic rings. The second-order valence-electron chi connectivity index (χ2n) is 5.86. The van der Waals surface area contributed by atoms with Crippen molar-refractivity contribution in [2.45, 2.75) is 32.2 Å². The van der Waals surface area contributed by atoms with E-state index in [4.69, 9.17) is 10.5 Å². The number of ether oxygens (including phenoxy) is 1. The summed E-state index contributed by atoms with van der Waals surface area (Å²) < 4.78 is 5.21. The van der Waals surface area contributed by atoms with E-state index < -0.39 is 0 Å². The van der Waals surface area contributed by atoms with Crippen LogP contribution in [0.2, 0.25) is 0 Å². The first-order chi connectivity index (χ1) is 10.2. The quantitative estimate of drug-likeness (QED) is 0.837. The van der Waals surface area contributed by atoms with Crippen LogP contribution < -0.4 is 15.4 Å². The van der Waals surface area contributed by atoms with E-state index in [1.807, 2.05) is 12.1 Å². The Morgan fingerprint density at radius 3 is 2.33 bits per heavy atom. The number of nitrogens with two attached hydrogens (primary N) is 1. The van der Waals surface area contributed by atoms with E-state index in [0.717, 1.165) is 51.3 Å². The molecule has 0 saturated carbocycles. The molecule has 0 radical (unpaired) electrons. The fraction of sp³-hybridized carbons (Fsp3) is 0.647. The highest BCUT2D eigenvalue weighted by Gasteiger charge is 2.17. The molecule has 4 heteroatoms. The molecule has 1 fully saturated rings. The summed E-state index contributed by atoms with van der Waals surface area (Å²) in [5.74, 6) is 0.919. The Morgan fingerprint density at radius 1 is 1.10 bits per heavy atom. The van der Waals surface area contributed by atoms with Gasteiger partial charge in [0, 0.05) is 37.9 Å². The van der Waals surface area contributed by atoms with Crippen LogP contribution in [-0.2, 0) is 0 Å². The molecule has 4 nitrogen and oxygen atoms in total. The Hall–Kier alpha value is -1.26. The van der Waals surface area contributed by atoms with Gasteiger partial charge in [0.1, 0.15) is 5.75 Å². The van der Waals surface area contributed by atoms with E-state index in [2.05, 4.69) is 28.9 Å². The van der Waals surface area contributed by atoms with Crippen molar-refractivity contribution in [3.05, 3.63) is 24.3 Å². The van der Waals surface area contributed by atoms with E-state index in [1.54, 1.807) is 7.11 Å². The van der Waals surface area contributed by atoms with Gasteiger partial charge in [-0.2, -0.15) is 0 Å². The highest BCUT2D eigenvalue weighted by molar-refractivity contribution is 5.49. The maximum absolute atomic E-state index is 6.10. The van der Waals surface area contributed by atoms with Crippen LogP contribution in [0.15, 0.2) is 24.3 Å². The zero-order chi connectivity index (χ0) is 15.1. The van der Waals surface area contributed by atoms with Crippen LogP contribution in [0.5, 0.6) is 5.75 Å². The third-order valence-electron chi connectivity index (χ3n) is 4.29. The number of piperazine rings is 1. The molecule has 1 atom stereocenters. The largest absolute Gasteiger partial charge is 0.497 e. The predicted octanol–water partition coefficient (Wildman–Crippen LogP) is 2.33. The Bertz CT molecular complexity index is 399.